The summed E-state index contributed by atoms with van der Waals surface area (Å²) in [6, 6.07) is 12.2. The number of pyridine rings is 1. The molecule has 0 saturated carbocycles. The fourth-order valence-corrected chi connectivity index (χ4v) is 4.08. The van der Waals surface area contributed by atoms with Crippen molar-refractivity contribution in [1.29, 1.82) is 0 Å². The Morgan fingerprint density at radius 2 is 2.10 bits per heavy atom. The molecule has 21 heavy (non-hydrogen) atoms. The highest BCUT2D eigenvalue weighted by Gasteiger charge is 2.36. The van der Waals surface area contributed by atoms with Crippen LogP contribution in [0.25, 0.3) is 10.9 Å². The van der Waals surface area contributed by atoms with Gasteiger partial charge in [0.05, 0.1) is 5.52 Å². The molecule has 2 saturated heterocycles. The smallest absolute Gasteiger partial charge is 0.0734 e. The van der Waals surface area contributed by atoms with E-state index in [4.69, 9.17) is 0 Å². The van der Waals surface area contributed by atoms with Gasteiger partial charge in [0.2, 0.25) is 0 Å². The van der Waals surface area contributed by atoms with Crippen molar-refractivity contribution in [3.63, 3.8) is 0 Å². The van der Waals surface area contributed by atoms with Crippen LogP contribution in [0.5, 0.6) is 0 Å². The summed E-state index contributed by atoms with van der Waals surface area (Å²) in [5, 5.41) is 5.04. The Morgan fingerprint density at radius 1 is 1.14 bits per heavy atom. The average molecular weight is 281 g/mol. The molecule has 3 heterocycles. The summed E-state index contributed by atoms with van der Waals surface area (Å²) in [6.07, 6.45) is 7.05. The standard InChI is InChI=1S/C18H23N3/c1-4-14-6-2-10-20-18(14)15(5-1)8-11-19-16-9-13-21-12-3-7-17(16)21/h1-2,4-6,10,16-17,19H,3,7-9,11-13H2. The van der Waals surface area contributed by atoms with Gasteiger partial charge in [-0.25, -0.2) is 0 Å². The van der Waals surface area contributed by atoms with E-state index < -0.39 is 0 Å². The lowest BCUT2D eigenvalue weighted by Crippen LogP contribution is -2.39. The van der Waals surface area contributed by atoms with Crippen molar-refractivity contribution in [3.05, 3.63) is 42.1 Å². The van der Waals surface area contributed by atoms with Crippen LogP contribution < -0.4 is 5.32 Å². The monoisotopic (exact) mass is 281 g/mol. The van der Waals surface area contributed by atoms with Crippen LogP contribution in [0.1, 0.15) is 24.8 Å². The second-order valence-corrected chi connectivity index (χ2v) is 6.34. The van der Waals surface area contributed by atoms with Crippen molar-refractivity contribution < 1.29 is 0 Å². The Kier molecular flexibility index (Phi) is 3.62. The van der Waals surface area contributed by atoms with Crippen LogP contribution in [-0.4, -0.2) is 41.6 Å². The SMILES string of the molecule is c1cnc2c(CCNC3CCN4CCCC34)cccc2c1. The molecule has 0 bridgehead atoms. The molecule has 110 valence electrons. The largest absolute Gasteiger partial charge is 0.312 e. The topological polar surface area (TPSA) is 28.2 Å². The van der Waals surface area contributed by atoms with Gasteiger partial charge in [-0.2, -0.15) is 0 Å². The van der Waals surface area contributed by atoms with E-state index in [0.29, 0.717) is 6.04 Å². The molecule has 2 atom stereocenters. The van der Waals surface area contributed by atoms with Crippen molar-refractivity contribution in [2.24, 2.45) is 0 Å². The van der Waals surface area contributed by atoms with E-state index in [1.165, 1.54) is 43.3 Å². The van der Waals surface area contributed by atoms with Crippen molar-refractivity contribution in [3.8, 4) is 0 Å². The summed E-state index contributed by atoms with van der Waals surface area (Å²) in [5.41, 5.74) is 2.53. The normalized spacial score (nSPS) is 25.5. The molecule has 2 fully saturated rings. The van der Waals surface area contributed by atoms with Gasteiger partial charge in [0.1, 0.15) is 0 Å². The fourth-order valence-electron chi connectivity index (χ4n) is 4.08. The molecule has 2 aliphatic rings. The van der Waals surface area contributed by atoms with Crippen LogP contribution >= 0.6 is 0 Å². The van der Waals surface area contributed by atoms with E-state index >= 15 is 0 Å². The van der Waals surface area contributed by atoms with Gasteiger partial charge in [-0.05, 0) is 50.4 Å². The summed E-state index contributed by atoms with van der Waals surface area (Å²) in [4.78, 5) is 7.21. The maximum Gasteiger partial charge on any atom is 0.0734 e. The lowest BCUT2D eigenvalue weighted by molar-refractivity contribution is 0.299. The summed E-state index contributed by atoms with van der Waals surface area (Å²) in [7, 11) is 0. The first-order valence-electron chi connectivity index (χ1n) is 8.22. The third kappa shape index (κ3) is 2.56. The zero-order chi connectivity index (χ0) is 14.1. The highest BCUT2D eigenvalue weighted by molar-refractivity contribution is 5.81. The lowest BCUT2D eigenvalue weighted by Gasteiger charge is -2.21. The molecule has 2 aliphatic heterocycles. The second kappa shape index (κ2) is 5.74. The third-order valence-corrected chi connectivity index (χ3v) is 5.12. The van der Waals surface area contributed by atoms with Crippen LogP contribution in [0.15, 0.2) is 36.5 Å². The first-order valence-corrected chi connectivity index (χ1v) is 8.22. The average Bonchev–Trinajstić information content (AvgIpc) is 3.12. The Hall–Kier alpha value is -1.45. The Balaban J connectivity index is 1.40. The van der Waals surface area contributed by atoms with Crippen LogP contribution in [0, 0.1) is 0 Å². The Labute approximate surface area is 126 Å². The molecule has 2 unspecified atom stereocenters. The number of aromatic nitrogens is 1. The highest BCUT2D eigenvalue weighted by Crippen LogP contribution is 2.27. The van der Waals surface area contributed by atoms with E-state index in [0.717, 1.165) is 24.5 Å². The number of fused-ring (bicyclic) bond motifs is 2. The summed E-state index contributed by atoms with van der Waals surface area (Å²) >= 11 is 0. The Morgan fingerprint density at radius 3 is 3.10 bits per heavy atom. The molecule has 0 aliphatic carbocycles. The van der Waals surface area contributed by atoms with Gasteiger partial charge in [0.15, 0.2) is 0 Å². The van der Waals surface area contributed by atoms with Crippen LogP contribution in [-0.2, 0) is 6.42 Å². The van der Waals surface area contributed by atoms with E-state index in [-0.39, 0.29) is 0 Å². The number of nitrogens with one attached hydrogen (secondary N) is 1. The maximum atomic E-state index is 4.55. The molecular formula is C18H23N3. The second-order valence-electron chi connectivity index (χ2n) is 6.34. The minimum atomic E-state index is 0.704. The molecule has 2 aromatic rings. The summed E-state index contributed by atoms with van der Waals surface area (Å²) in [5.74, 6) is 0. The fraction of sp³-hybridized carbons (Fsp3) is 0.500. The highest BCUT2D eigenvalue weighted by atomic mass is 15.2. The minimum absolute atomic E-state index is 0.704. The molecule has 1 aromatic heterocycles. The number of hydrogen-bond donors (Lipinski definition) is 1. The van der Waals surface area contributed by atoms with Gasteiger partial charge >= 0.3 is 0 Å². The zero-order valence-corrected chi connectivity index (χ0v) is 12.5. The van der Waals surface area contributed by atoms with Crippen molar-refractivity contribution in [2.45, 2.75) is 37.8 Å². The van der Waals surface area contributed by atoms with Crippen LogP contribution in [0.2, 0.25) is 0 Å². The number of rotatable bonds is 4. The molecule has 0 radical (unpaired) electrons. The van der Waals surface area contributed by atoms with Gasteiger partial charge in [0.25, 0.3) is 0 Å². The molecule has 3 heteroatoms. The van der Waals surface area contributed by atoms with Gasteiger partial charge in [0, 0.05) is 30.2 Å². The third-order valence-electron chi connectivity index (χ3n) is 5.12. The van der Waals surface area contributed by atoms with Gasteiger partial charge < -0.3 is 5.32 Å². The summed E-state index contributed by atoms with van der Waals surface area (Å²) in [6.45, 7) is 3.67. The van der Waals surface area contributed by atoms with E-state index in [1.54, 1.807) is 0 Å². The molecule has 1 N–H and O–H groups in total. The summed E-state index contributed by atoms with van der Waals surface area (Å²) < 4.78 is 0. The molecule has 0 amide bonds. The predicted octanol–water partition coefficient (Wildman–Crippen LogP) is 2.60. The molecular weight excluding hydrogens is 258 g/mol. The predicted molar refractivity (Wildman–Crippen MR) is 86.4 cm³/mol. The van der Waals surface area contributed by atoms with Crippen molar-refractivity contribution >= 4 is 10.9 Å². The van der Waals surface area contributed by atoms with E-state index in [9.17, 15) is 0 Å². The van der Waals surface area contributed by atoms with Gasteiger partial charge in [-0.3, -0.25) is 9.88 Å². The van der Waals surface area contributed by atoms with E-state index in [1.807, 2.05) is 12.3 Å². The van der Waals surface area contributed by atoms with Crippen LogP contribution in [0.4, 0.5) is 0 Å². The maximum absolute atomic E-state index is 4.55. The number of para-hydroxylation sites is 1. The van der Waals surface area contributed by atoms with E-state index in [2.05, 4.69) is 39.5 Å². The molecule has 3 nitrogen and oxygen atoms in total. The Bertz CT molecular complexity index is 619. The molecule has 4 rings (SSSR count). The molecule has 0 spiro atoms. The lowest BCUT2D eigenvalue weighted by atomic mass is 10.0. The quantitative estimate of drug-likeness (QED) is 0.933. The van der Waals surface area contributed by atoms with Gasteiger partial charge in [-0.15, -0.1) is 0 Å². The van der Waals surface area contributed by atoms with Gasteiger partial charge in [-0.1, -0.05) is 24.3 Å². The number of benzene rings is 1. The first kappa shape index (κ1) is 13.2. The molecule has 1 aromatic carbocycles. The number of nitrogens with zero attached hydrogens (tertiary/aromatic N) is 2. The zero-order valence-electron chi connectivity index (χ0n) is 12.5. The van der Waals surface area contributed by atoms with Crippen molar-refractivity contribution in [2.75, 3.05) is 19.6 Å². The minimum Gasteiger partial charge on any atom is -0.312 e. The number of hydrogen-bond acceptors (Lipinski definition) is 3. The van der Waals surface area contributed by atoms with Crippen molar-refractivity contribution in [1.82, 2.24) is 15.2 Å². The first-order chi connectivity index (χ1) is 10.4. The van der Waals surface area contributed by atoms with Crippen LogP contribution in [0.3, 0.4) is 0 Å².